The Hall–Kier alpha value is -3.70. The molecule has 198 valence electrons. The van der Waals surface area contributed by atoms with Crippen LogP contribution in [0.4, 0.5) is 16.4 Å². The van der Waals surface area contributed by atoms with Gasteiger partial charge in [-0.3, -0.25) is 19.7 Å². The first kappa shape index (κ1) is 27.3. The second kappa shape index (κ2) is 11.8. The summed E-state index contributed by atoms with van der Waals surface area (Å²) in [6, 6.07) is 12.4. The van der Waals surface area contributed by atoms with Gasteiger partial charge in [-0.25, -0.2) is 4.79 Å². The number of fused-ring (bicyclic) bond motifs is 1. The molecule has 4 rings (SSSR count). The lowest BCUT2D eigenvalue weighted by Gasteiger charge is -2.18. The summed E-state index contributed by atoms with van der Waals surface area (Å²) in [4.78, 5) is 50.4. The van der Waals surface area contributed by atoms with Gasteiger partial charge in [-0.15, -0.1) is 23.1 Å². The minimum Gasteiger partial charge on any atom is -0.465 e. The Morgan fingerprint density at radius 3 is 2.58 bits per heavy atom. The van der Waals surface area contributed by atoms with Crippen molar-refractivity contribution < 1.29 is 24.0 Å². The number of nitrogens with one attached hydrogen (secondary N) is 2. The molecule has 9 nitrogen and oxygen atoms in total. The van der Waals surface area contributed by atoms with Gasteiger partial charge in [0, 0.05) is 33.2 Å². The van der Waals surface area contributed by atoms with E-state index in [0.717, 1.165) is 34.6 Å². The Bertz CT molecular complexity index is 1390. The first-order chi connectivity index (χ1) is 18.2. The maximum atomic E-state index is 13.1. The molecule has 3 aromatic rings. The van der Waals surface area contributed by atoms with E-state index in [4.69, 9.17) is 4.74 Å². The van der Waals surface area contributed by atoms with E-state index >= 15 is 0 Å². The van der Waals surface area contributed by atoms with Gasteiger partial charge < -0.3 is 15.4 Å². The zero-order chi connectivity index (χ0) is 27.4. The van der Waals surface area contributed by atoms with Gasteiger partial charge >= 0.3 is 5.97 Å². The fourth-order valence-corrected chi connectivity index (χ4v) is 6.54. The van der Waals surface area contributed by atoms with Crippen LogP contribution in [0.2, 0.25) is 0 Å². The van der Waals surface area contributed by atoms with Gasteiger partial charge in [0.25, 0.3) is 11.6 Å². The van der Waals surface area contributed by atoms with Gasteiger partial charge in [-0.05, 0) is 68.0 Å². The fraction of sp³-hybridized carbons (Fsp3) is 0.296. The zero-order valence-electron chi connectivity index (χ0n) is 21.1. The maximum absolute atomic E-state index is 13.1. The molecule has 1 aliphatic rings. The van der Waals surface area contributed by atoms with Crippen LogP contribution in [-0.2, 0) is 22.4 Å². The summed E-state index contributed by atoms with van der Waals surface area (Å²) in [5, 5.41) is 16.6. The molecule has 1 heterocycles. The van der Waals surface area contributed by atoms with Gasteiger partial charge in [0.05, 0.1) is 22.8 Å². The highest BCUT2D eigenvalue weighted by Crippen LogP contribution is 2.40. The molecule has 0 saturated carbocycles. The summed E-state index contributed by atoms with van der Waals surface area (Å²) >= 11 is 2.76. The van der Waals surface area contributed by atoms with Crippen LogP contribution in [0.15, 0.2) is 53.4 Å². The molecule has 0 spiro atoms. The highest BCUT2D eigenvalue weighted by atomic mass is 32.2. The van der Waals surface area contributed by atoms with E-state index in [1.165, 1.54) is 54.5 Å². The second-order valence-corrected chi connectivity index (χ2v) is 11.6. The third-order valence-electron chi connectivity index (χ3n) is 6.25. The third-order valence-corrected chi connectivity index (χ3v) is 8.52. The normalized spacial score (nSPS) is 15.2. The number of benzene rings is 2. The summed E-state index contributed by atoms with van der Waals surface area (Å²) in [5.41, 5.74) is 2.16. The molecule has 0 aliphatic heterocycles. The van der Waals surface area contributed by atoms with Crippen molar-refractivity contribution in [2.24, 2.45) is 5.92 Å². The van der Waals surface area contributed by atoms with Crippen LogP contribution in [0.25, 0.3) is 0 Å². The number of hydrogen-bond donors (Lipinski definition) is 2. The quantitative estimate of drug-likeness (QED) is 0.153. The van der Waals surface area contributed by atoms with E-state index < -0.39 is 22.0 Å². The fourth-order valence-electron chi connectivity index (χ4n) is 4.21. The average molecular weight is 554 g/mol. The standard InChI is InChI=1S/C27H27N3O6S2/c1-15-7-12-21-22(13-15)38-26(23(21)27(33)36-3)29-24(31)16(2)37-20-6-4-5-18(14-20)28-25(32)17-8-10-19(11-9-17)30(34)35/h4-6,8-11,14-16H,7,12-13H2,1-3H3,(H,28,32)(H,29,31). The third kappa shape index (κ3) is 6.22. The highest BCUT2D eigenvalue weighted by molar-refractivity contribution is 8.00. The molecule has 0 bridgehead atoms. The number of non-ortho nitro benzene ring substituents is 1. The van der Waals surface area contributed by atoms with Crippen LogP contribution in [0.1, 0.15) is 51.4 Å². The van der Waals surface area contributed by atoms with Crippen LogP contribution in [0.5, 0.6) is 0 Å². The number of nitrogens with zero attached hydrogens (tertiary/aromatic N) is 1. The first-order valence-corrected chi connectivity index (χ1v) is 13.7. The van der Waals surface area contributed by atoms with Gasteiger partial charge in [0.15, 0.2) is 0 Å². The van der Waals surface area contributed by atoms with Crippen LogP contribution < -0.4 is 10.6 Å². The number of ether oxygens (including phenoxy) is 1. The second-order valence-electron chi connectivity index (χ2n) is 9.08. The molecule has 11 heteroatoms. The summed E-state index contributed by atoms with van der Waals surface area (Å²) in [6.45, 7) is 3.95. The Labute approximate surface area is 228 Å². The Morgan fingerprint density at radius 1 is 1.16 bits per heavy atom. The van der Waals surface area contributed by atoms with Crippen molar-refractivity contribution in [3.8, 4) is 0 Å². The van der Waals surface area contributed by atoms with Gasteiger partial charge in [0.1, 0.15) is 5.00 Å². The number of carbonyl (C=O) groups is 3. The molecule has 0 fully saturated rings. The van der Waals surface area contributed by atoms with Crippen LogP contribution in [-0.4, -0.2) is 35.1 Å². The summed E-state index contributed by atoms with van der Waals surface area (Å²) in [5.74, 6) is -0.562. The van der Waals surface area contributed by atoms with Crippen LogP contribution in [0, 0.1) is 16.0 Å². The molecule has 0 saturated heterocycles. The molecule has 2 unspecified atom stereocenters. The van der Waals surface area contributed by atoms with E-state index in [0.29, 0.717) is 22.2 Å². The average Bonchev–Trinajstić information content (AvgIpc) is 3.25. The smallest absolute Gasteiger partial charge is 0.341 e. The van der Waals surface area contributed by atoms with E-state index in [-0.39, 0.29) is 17.2 Å². The van der Waals surface area contributed by atoms with Crippen molar-refractivity contribution in [2.45, 2.75) is 43.3 Å². The van der Waals surface area contributed by atoms with Crippen molar-refractivity contribution in [2.75, 3.05) is 17.7 Å². The van der Waals surface area contributed by atoms with Crippen molar-refractivity contribution in [1.82, 2.24) is 0 Å². The predicted octanol–water partition coefficient (Wildman–Crippen LogP) is 5.94. The van der Waals surface area contributed by atoms with Crippen LogP contribution in [0.3, 0.4) is 0 Å². The number of thioether (sulfide) groups is 1. The van der Waals surface area contributed by atoms with Crippen LogP contribution >= 0.6 is 23.1 Å². The van der Waals surface area contributed by atoms with E-state index in [1.807, 2.05) is 6.07 Å². The number of carbonyl (C=O) groups excluding carboxylic acids is 3. The summed E-state index contributed by atoms with van der Waals surface area (Å²) in [7, 11) is 1.34. The Morgan fingerprint density at radius 2 is 1.89 bits per heavy atom. The number of amides is 2. The number of rotatable bonds is 8. The molecule has 2 atom stereocenters. The molecule has 1 aromatic heterocycles. The minimum atomic E-state index is -0.525. The molecule has 2 N–H and O–H groups in total. The number of esters is 1. The highest BCUT2D eigenvalue weighted by Gasteiger charge is 2.29. The van der Waals surface area contributed by atoms with Gasteiger partial charge in [-0.1, -0.05) is 13.0 Å². The molecule has 2 aromatic carbocycles. The number of anilines is 2. The number of hydrogen-bond acceptors (Lipinski definition) is 8. The summed E-state index contributed by atoms with van der Waals surface area (Å²) in [6.07, 6.45) is 2.66. The molecule has 2 amide bonds. The molecular formula is C27H27N3O6S2. The Balaban J connectivity index is 1.43. The number of nitro groups is 1. The van der Waals surface area contributed by atoms with E-state index in [9.17, 15) is 24.5 Å². The predicted molar refractivity (Wildman–Crippen MR) is 148 cm³/mol. The lowest BCUT2D eigenvalue weighted by Crippen LogP contribution is -2.23. The van der Waals surface area contributed by atoms with Gasteiger partial charge in [0.2, 0.25) is 5.91 Å². The maximum Gasteiger partial charge on any atom is 0.341 e. The molecule has 38 heavy (non-hydrogen) atoms. The van der Waals surface area contributed by atoms with E-state index in [1.54, 1.807) is 25.1 Å². The minimum absolute atomic E-state index is 0.0943. The number of nitro benzene ring substituents is 1. The van der Waals surface area contributed by atoms with Gasteiger partial charge in [-0.2, -0.15) is 0 Å². The SMILES string of the molecule is COC(=O)c1c(NC(=O)C(C)Sc2cccc(NC(=O)c3ccc([N+](=O)[O-])cc3)c2)sc2c1CCC(C)C2. The molecule has 1 aliphatic carbocycles. The monoisotopic (exact) mass is 553 g/mol. The number of methoxy groups -OCH3 is 1. The van der Waals surface area contributed by atoms with Crippen molar-refractivity contribution >= 4 is 57.3 Å². The largest absolute Gasteiger partial charge is 0.465 e. The molecule has 0 radical (unpaired) electrons. The number of thiophene rings is 1. The van der Waals surface area contributed by atoms with Crippen molar-refractivity contribution in [3.63, 3.8) is 0 Å². The zero-order valence-corrected chi connectivity index (χ0v) is 22.7. The van der Waals surface area contributed by atoms with Crippen molar-refractivity contribution in [3.05, 3.63) is 80.2 Å². The van der Waals surface area contributed by atoms with Crippen molar-refractivity contribution in [1.29, 1.82) is 0 Å². The molecular weight excluding hydrogens is 526 g/mol. The lowest BCUT2D eigenvalue weighted by molar-refractivity contribution is -0.384. The van der Waals surface area contributed by atoms with E-state index in [2.05, 4.69) is 17.6 Å². The lowest BCUT2D eigenvalue weighted by atomic mass is 9.88. The first-order valence-electron chi connectivity index (χ1n) is 12.0. The Kier molecular flexibility index (Phi) is 8.48. The topological polar surface area (TPSA) is 128 Å². The summed E-state index contributed by atoms with van der Waals surface area (Å²) < 4.78 is 5.01.